The summed E-state index contributed by atoms with van der Waals surface area (Å²) in [6.07, 6.45) is 5.11. The van der Waals surface area contributed by atoms with Crippen molar-refractivity contribution in [2.45, 2.75) is 12.3 Å². The summed E-state index contributed by atoms with van der Waals surface area (Å²) in [4.78, 5) is 32.2. The first-order valence-electron chi connectivity index (χ1n) is 10.1. The summed E-state index contributed by atoms with van der Waals surface area (Å²) in [5.74, 6) is 0.239. The number of morpholine rings is 1. The molecular formula is C22H21N5O3S2. The van der Waals surface area contributed by atoms with Gasteiger partial charge in [0.15, 0.2) is 5.82 Å². The number of ether oxygens (including phenoxy) is 1. The molecule has 32 heavy (non-hydrogen) atoms. The van der Waals surface area contributed by atoms with Gasteiger partial charge in [0.1, 0.15) is 17.3 Å². The van der Waals surface area contributed by atoms with Gasteiger partial charge in [0.25, 0.3) is 5.91 Å². The molecule has 4 heterocycles. The standard InChI is InChI=1S/C22H21N5O3S2/c1-13-12-31-21(25-13)17-4-6-24-20(26-17)15-9-14-3-5-23-18(14)10-16(15)22(28)27-7-8-30-11-19(27)32(2)29/h3-6,9-10,12,19,23H,7-8,11H2,1-2H3. The summed E-state index contributed by atoms with van der Waals surface area (Å²) in [6, 6.07) is 7.50. The van der Waals surface area contributed by atoms with Crippen LogP contribution in [0.4, 0.5) is 0 Å². The number of benzene rings is 1. The van der Waals surface area contributed by atoms with E-state index in [9.17, 15) is 9.35 Å². The molecule has 2 unspecified atom stereocenters. The Labute approximate surface area is 191 Å². The predicted molar refractivity (Wildman–Crippen MR) is 125 cm³/mol. The number of thiazole rings is 1. The number of aromatic amines is 1. The number of aromatic nitrogens is 4. The van der Waals surface area contributed by atoms with E-state index in [0.717, 1.165) is 21.6 Å². The van der Waals surface area contributed by atoms with Crippen LogP contribution in [0.15, 0.2) is 42.0 Å². The molecule has 1 amide bonds. The lowest BCUT2D eigenvalue weighted by atomic mass is 10.0. The smallest absolute Gasteiger partial charge is 0.258 e. The minimum Gasteiger partial charge on any atom is -0.615 e. The summed E-state index contributed by atoms with van der Waals surface area (Å²) in [5.41, 5.74) is 3.57. The van der Waals surface area contributed by atoms with Crippen molar-refractivity contribution < 1.29 is 14.1 Å². The molecule has 5 rings (SSSR count). The third-order valence-corrected chi connectivity index (χ3v) is 7.52. The van der Waals surface area contributed by atoms with Crippen molar-refractivity contribution in [3.63, 3.8) is 0 Å². The topological polar surface area (TPSA) is 107 Å². The molecule has 1 saturated heterocycles. The number of amides is 1. The second kappa shape index (κ2) is 8.62. The number of H-pyrrole nitrogens is 1. The number of carbonyl (C=O) groups is 1. The molecule has 164 valence electrons. The Balaban J connectivity index is 1.62. The SMILES string of the molecule is Cc1csc(-c2ccnc(-c3cc4cc[nH]c4cc3C(=O)N3CCOCC3[S+](C)[O-])n2)n1. The highest BCUT2D eigenvalue weighted by molar-refractivity contribution is 7.91. The quantitative estimate of drug-likeness (QED) is 0.462. The fourth-order valence-corrected chi connectivity index (χ4v) is 5.40. The van der Waals surface area contributed by atoms with Crippen molar-refractivity contribution in [1.82, 2.24) is 24.8 Å². The van der Waals surface area contributed by atoms with Crippen molar-refractivity contribution in [1.29, 1.82) is 0 Å². The van der Waals surface area contributed by atoms with E-state index in [2.05, 4.69) is 15.0 Å². The summed E-state index contributed by atoms with van der Waals surface area (Å²) in [7, 11) is 0. The number of rotatable bonds is 4. The number of hydrogen-bond donors (Lipinski definition) is 1. The maximum absolute atomic E-state index is 13.7. The van der Waals surface area contributed by atoms with Gasteiger partial charge in [0.2, 0.25) is 5.37 Å². The highest BCUT2D eigenvalue weighted by Gasteiger charge is 2.35. The van der Waals surface area contributed by atoms with Gasteiger partial charge in [0.05, 0.1) is 18.4 Å². The number of nitrogens with one attached hydrogen (secondary N) is 1. The summed E-state index contributed by atoms with van der Waals surface area (Å²) < 4.78 is 17.8. The van der Waals surface area contributed by atoms with Gasteiger partial charge in [-0.2, -0.15) is 0 Å². The van der Waals surface area contributed by atoms with Gasteiger partial charge < -0.3 is 14.3 Å². The summed E-state index contributed by atoms with van der Waals surface area (Å²) >= 11 is 0.279. The van der Waals surface area contributed by atoms with Gasteiger partial charge >= 0.3 is 0 Å². The number of carbonyl (C=O) groups excluding carboxylic acids is 1. The molecule has 4 aromatic rings. The Morgan fingerprint density at radius 2 is 2.22 bits per heavy atom. The Bertz CT molecular complexity index is 1290. The third kappa shape index (κ3) is 3.90. The Kier molecular flexibility index (Phi) is 5.68. The second-order valence-electron chi connectivity index (χ2n) is 7.55. The molecule has 3 aromatic heterocycles. The van der Waals surface area contributed by atoms with Crippen LogP contribution < -0.4 is 0 Å². The third-order valence-electron chi connectivity index (χ3n) is 5.39. The van der Waals surface area contributed by atoms with E-state index in [1.165, 1.54) is 11.3 Å². The molecule has 1 aromatic carbocycles. The van der Waals surface area contributed by atoms with Crippen molar-refractivity contribution >= 4 is 39.3 Å². The first-order valence-corrected chi connectivity index (χ1v) is 12.6. The van der Waals surface area contributed by atoms with E-state index in [1.807, 2.05) is 42.8 Å². The average Bonchev–Trinajstić information content (AvgIpc) is 3.46. The lowest BCUT2D eigenvalue weighted by molar-refractivity contribution is 0.0194. The molecule has 0 aliphatic carbocycles. The first kappa shape index (κ1) is 21.1. The molecular weight excluding hydrogens is 446 g/mol. The number of aryl methyl sites for hydroxylation is 1. The minimum atomic E-state index is -1.24. The maximum atomic E-state index is 13.7. The van der Waals surface area contributed by atoms with E-state index < -0.39 is 16.5 Å². The monoisotopic (exact) mass is 467 g/mol. The predicted octanol–water partition coefficient (Wildman–Crippen LogP) is 3.23. The minimum absolute atomic E-state index is 0.209. The largest absolute Gasteiger partial charge is 0.615 e. The van der Waals surface area contributed by atoms with E-state index in [1.54, 1.807) is 17.4 Å². The van der Waals surface area contributed by atoms with Crippen molar-refractivity contribution in [2.24, 2.45) is 0 Å². The molecule has 0 spiro atoms. The van der Waals surface area contributed by atoms with Gasteiger partial charge in [-0.05, 0) is 42.4 Å². The van der Waals surface area contributed by atoms with Crippen LogP contribution in [0, 0.1) is 6.92 Å². The van der Waals surface area contributed by atoms with Crippen molar-refractivity contribution in [3.8, 4) is 22.1 Å². The molecule has 1 aliphatic rings. The van der Waals surface area contributed by atoms with Crippen LogP contribution in [-0.4, -0.2) is 66.7 Å². The fraction of sp³-hybridized carbons (Fsp3) is 0.273. The van der Waals surface area contributed by atoms with Crippen LogP contribution in [0.25, 0.3) is 33.0 Å². The molecule has 8 nitrogen and oxygen atoms in total. The lowest BCUT2D eigenvalue weighted by Gasteiger charge is -2.35. The molecule has 1 aliphatic heterocycles. The number of fused-ring (bicyclic) bond motifs is 1. The van der Waals surface area contributed by atoms with E-state index >= 15 is 0 Å². The molecule has 1 N–H and O–H groups in total. The molecule has 2 atom stereocenters. The van der Waals surface area contributed by atoms with E-state index in [0.29, 0.717) is 35.8 Å². The lowest BCUT2D eigenvalue weighted by Crippen LogP contribution is -2.52. The Morgan fingerprint density at radius 3 is 3.00 bits per heavy atom. The zero-order valence-electron chi connectivity index (χ0n) is 17.6. The summed E-state index contributed by atoms with van der Waals surface area (Å²) in [6.45, 7) is 2.99. The highest BCUT2D eigenvalue weighted by Crippen LogP contribution is 2.30. The van der Waals surface area contributed by atoms with E-state index in [4.69, 9.17) is 9.72 Å². The van der Waals surface area contributed by atoms with Crippen molar-refractivity contribution in [3.05, 3.63) is 53.3 Å². The van der Waals surface area contributed by atoms with Gasteiger partial charge in [0, 0.05) is 46.5 Å². The zero-order valence-corrected chi connectivity index (χ0v) is 19.2. The Hall–Kier alpha value is -2.79. The van der Waals surface area contributed by atoms with Gasteiger partial charge in [-0.3, -0.25) is 9.69 Å². The van der Waals surface area contributed by atoms with Crippen LogP contribution >= 0.6 is 11.3 Å². The van der Waals surface area contributed by atoms with Crippen molar-refractivity contribution in [2.75, 3.05) is 26.0 Å². The van der Waals surface area contributed by atoms with Crippen LogP contribution in [0.1, 0.15) is 16.1 Å². The first-order chi connectivity index (χ1) is 15.5. The normalized spacial score (nSPS) is 17.6. The van der Waals surface area contributed by atoms with Gasteiger partial charge in [-0.1, -0.05) is 0 Å². The average molecular weight is 468 g/mol. The molecule has 10 heteroatoms. The van der Waals surface area contributed by atoms with Crippen LogP contribution in [0.3, 0.4) is 0 Å². The van der Waals surface area contributed by atoms with Gasteiger partial charge in [-0.15, -0.1) is 11.3 Å². The molecule has 0 bridgehead atoms. The second-order valence-corrected chi connectivity index (χ2v) is 9.95. The van der Waals surface area contributed by atoms with E-state index in [-0.39, 0.29) is 12.5 Å². The van der Waals surface area contributed by atoms with Gasteiger partial charge in [-0.25, -0.2) is 15.0 Å². The van der Waals surface area contributed by atoms with Crippen LogP contribution in [0.5, 0.6) is 0 Å². The van der Waals surface area contributed by atoms with Crippen LogP contribution in [0.2, 0.25) is 0 Å². The Morgan fingerprint density at radius 1 is 1.34 bits per heavy atom. The summed E-state index contributed by atoms with van der Waals surface area (Å²) in [5, 5.41) is 3.24. The molecule has 0 saturated carbocycles. The zero-order chi connectivity index (χ0) is 22.2. The number of hydrogen-bond acceptors (Lipinski definition) is 7. The molecule has 1 fully saturated rings. The fourth-order valence-electron chi connectivity index (χ4n) is 3.78. The van der Waals surface area contributed by atoms with Crippen LogP contribution in [-0.2, 0) is 15.9 Å². The highest BCUT2D eigenvalue weighted by atomic mass is 32.2. The number of nitrogens with zero attached hydrogens (tertiary/aromatic N) is 4. The maximum Gasteiger partial charge on any atom is 0.258 e. The molecule has 0 radical (unpaired) electrons.